The van der Waals surface area contributed by atoms with Crippen molar-refractivity contribution in [1.82, 2.24) is 0 Å². The van der Waals surface area contributed by atoms with Crippen LogP contribution < -0.4 is 0 Å². The Kier molecular flexibility index (Phi) is 5.03. The van der Waals surface area contributed by atoms with Crippen LogP contribution in [0.4, 0.5) is 0 Å². The molecule has 0 aromatic carbocycles. The molecule has 8 heteroatoms. The minimum atomic E-state index is -0.758. The van der Waals surface area contributed by atoms with Crippen LogP contribution >= 0.6 is 0 Å². The Morgan fingerprint density at radius 3 is 1.83 bits per heavy atom. The summed E-state index contributed by atoms with van der Waals surface area (Å²) in [5, 5.41) is 0. The van der Waals surface area contributed by atoms with Gasteiger partial charge in [-0.2, -0.15) is 0 Å². The van der Waals surface area contributed by atoms with E-state index < -0.39 is 35.7 Å². The molecule has 0 heterocycles. The van der Waals surface area contributed by atoms with E-state index in [1.54, 1.807) is 12.2 Å². The van der Waals surface area contributed by atoms with Gasteiger partial charge in [0, 0.05) is 5.92 Å². The summed E-state index contributed by atoms with van der Waals surface area (Å²) in [6.07, 6.45) is 5.67. The maximum atomic E-state index is 12.8. The molecule has 5 aliphatic rings. The average Bonchev–Trinajstić information content (AvgIpc) is 3.56. The Hall–Kier alpha value is -2.90. The van der Waals surface area contributed by atoms with Gasteiger partial charge in [0.05, 0.1) is 51.8 Å². The number of hydrogen-bond donors (Lipinski definition) is 0. The van der Waals surface area contributed by atoms with E-state index in [0.29, 0.717) is 12.0 Å². The number of fused-ring (bicyclic) bond motifs is 1. The Balaban J connectivity index is 1.83. The summed E-state index contributed by atoms with van der Waals surface area (Å²) in [7, 11) is 5.23. The number of carbonyl (C=O) groups excluding carboxylic acids is 4. The molecule has 30 heavy (non-hydrogen) atoms. The summed E-state index contributed by atoms with van der Waals surface area (Å²) in [4.78, 5) is 50.1. The summed E-state index contributed by atoms with van der Waals surface area (Å²) < 4.78 is 19.9. The van der Waals surface area contributed by atoms with Crippen molar-refractivity contribution in [2.45, 2.75) is 6.42 Å². The molecule has 7 atom stereocenters. The SMILES string of the molecule is COC(=O)C1=CCC2=C(C=C1)C1C(C(=O)OC)C(C(=O)OC)C2C2C(C(=O)OC)C12. The Labute approximate surface area is 173 Å². The molecule has 160 valence electrons. The Morgan fingerprint density at radius 1 is 0.733 bits per heavy atom. The van der Waals surface area contributed by atoms with Crippen LogP contribution in [-0.4, -0.2) is 52.3 Å². The second-order valence-corrected chi connectivity index (χ2v) is 8.02. The predicted molar refractivity (Wildman–Crippen MR) is 101 cm³/mol. The summed E-state index contributed by atoms with van der Waals surface area (Å²) in [6, 6.07) is 0. The zero-order valence-corrected chi connectivity index (χ0v) is 17.2. The molecule has 0 N–H and O–H groups in total. The number of rotatable bonds is 4. The van der Waals surface area contributed by atoms with Crippen LogP contribution in [0.25, 0.3) is 0 Å². The predicted octanol–water partition coefficient (Wildman–Crippen LogP) is 1.22. The van der Waals surface area contributed by atoms with Crippen LogP contribution in [0.5, 0.6) is 0 Å². The summed E-state index contributed by atoms with van der Waals surface area (Å²) in [5.41, 5.74) is 2.26. The number of methoxy groups -OCH3 is 4. The van der Waals surface area contributed by atoms with Gasteiger partial charge in [-0.3, -0.25) is 14.4 Å². The highest BCUT2D eigenvalue weighted by Gasteiger charge is 2.74. The van der Waals surface area contributed by atoms with E-state index in [9.17, 15) is 19.2 Å². The minimum absolute atomic E-state index is 0.104. The van der Waals surface area contributed by atoms with Gasteiger partial charge < -0.3 is 18.9 Å². The fraction of sp³-hybridized carbons (Fsp3) is 0.545. The molecular formula is C22H24O8. The first-order chi connectivity index (χ1) is 14.4. The van der Waals surface area contributed by atoms with Crippen molar-refractivity contribution in [3.8, 4) is 0 Å². The third kappa shape index (κ3) is 2.73. The third-order valence-electron chi connectivity index (χ3n) is 7.08. The molecule has 0 radical (unpaired) electrons. The number of esters is 4. The average molecular weight is 416 g/mol. The molecule has 0 aliphatic heterocycles. The van der Waals surface area contributed by atoms with Crippen LogP contribution in [-0.2, 0) is 38.1 Å². The Bertz CT molecular complexity index is 910. The number of ether oxygens (including phenoxy) is 4. The van der Waals surface area contributed by atoms with Crippen molar-refractivity contribution in [2.75, 3.05) is 28.4 Å². The van der Waals surface area contributed by atoms with Crippen LogP contribution in [0.3, 0.4) is 0 Å². The van der Waals surface area contributed by atoms with E-state index in [-0.39, 0.29) is 29.6 Å². The lowest BCUT2D eigenvalue weighted by Gasteiger charge is -2.47. The van der Waals surface area contributed by atoms with Crippen LogP contribution in [0, 0.1) is 41.4 Å². The van der Waals surface area contributed by atoms with Crippen LogP contribution in [0.2, 0.25) is 0 Å². The third-order valence-corrected chi connectivity index (χ3v) is 7.08. The molecule has 2 fully saturated rings. The van der Waals surface area contributed by atoms with E-state index in [1.165, 1.54) is 28.4 Å². The number of allylic oxidation sites excluding steroid dienone is 4. The summed E-state index contributed by atoms with van der Waals surface area (Å²) in [6.45, 7) is 0. The lowest BCUT2D eigenvalue weighted by atomic mass is 9.55. The second-order valence-electron chi connectivity index (χ2n) is 8.02. The first kappa shape index (κ1) is 20.4. The standard InChI is InChI=1S/C22H24O8/c1-27-19(23)9-5-7-10-11(8-6-9)13-15-14(18(15)22(26)30-4)12(10)16(20(24)28-2)17(13)21(25)29-3/h5-7,12-18H,8H2,1-4H3. The van der Waals surface area contributed by atoms with Gasteiger partial charge in [-0.25, -0.2) is 4.79 Å². The highest BCUT2D eigenvalue weighted by Crippen LogP contribution is 2.72. The van der Waals surface area contributed by atoms with Gasteiger partial charge in [-0.1, -0.05) is 17.7 Å². The topological polar surface area (TPSA) is 105 Å². The van der Waals surface area contributed by atoms with Gasteiger partial charge in [0.25, 0.3) is 0 Å². The maximum absolute atomic E-state index is 12.8. The zero-order valence-electron chi connectivity index (χ0n) is 17.2. The highest BCUT2D eigenvalue weighted by atomic mass is 16.5. The van der Waals surface area contributed by atoms with Gasteiger partial charge in [0.1, 0.15) is 0 Å². The molecule has 0 amide bonds. The molecule has 0 saturated heterocycles. The molecular weight excluding hydrogens is 392 g/mol. The van der Waals surface area contributed by atoms with E-state index in [4.69, 9.17) is 18.9 Å². The largest absolute Gasteiger partial charge is 0.469 e. The van der Waals surface area contributed by atoms with E-state index in [2.05, 4.69) is 0 Å². The van der Waals surface area contributed by atoms with Crippen molar-refractivity contribution in [1.29, 1.82) is 0 Å². The van der Waals surface area contributed by atoms with Crippen molar-refractivity contribution in [3.05, 3.63) is 34.9 Å². The fourth-order valence-corrected chi connectivity index (χ4v) is 5.98. The summed E-state index contributed by atoms with van der Waals surface area (Å²) >= 11 is 0. The van der Waals surface area contributed by atoms with Gasteiger partial charge >= 0.3 is 23.9 Å². The van der Waals surface area contributed by atoms with Crippen LogP contribution in [0.15, 0.2) is 34.9 Å². The molecule has 5 rings (SSSR count). The van der Waals surface area contributed by atoms with Gasteiger partial charge in [-0.15, -0.1) is 0 Å². The molecule has 0 aromatic heterocycles. The normalized spacial score (nSPS) is 35.3. The Morgan fingerprint density at radius 2 is 1.27 bits per heavy atom. The summed E-state index contributed by atoms with van der Waals surface area (Å²) in [5.74, 6) is -4.64. The minimum Gasteiger partial charge on any atom is -0.469 e. The monoisotopic (exact) mass is 416 g/mol. The molecule has 2 bridgehead atoms. The maximum Gasteiger partial charge on any atom is 0.337 e. The van der Waals surface area contributed by atoms with Gasteiger partial charge in [0.15, 0.2) is 0 Å². The van der Waals surface area contributed by atoms with Crippen molar-refractivity contribution >= 4 is 23.9 Å². The molecule has 0 aromatic rings. The smallest absolute Gasteiger partial charge is 0.337 e. The van der Waals surface area contributed by atoms with Crippen LogP contribution in [0.1, 0.15) is 6.42 Å². The highest BCUT2D eigenvalue weighted by molar-refractivity contribution is 5.92. The van der Waals surface area contributed by atoms with E-state index in [0.717, 1.165) is 11.1 Å². The fourth-order valence-electron chi connectivity index (χ4n) is 5.98. The lowest BCUT2D eigenvalue weighted by Crippen LogP contribution is -2.50. The molecule has 5 aliphatic carbocycles. The first-order valence-corrected chi connectivity index (χ1v) is 9.84. The number of hydrogen-bond acceptors (Lipinski definition) is 8. The van der Waals surface area contributed by atoms with Crippen molar-refractivity contribution in [2.24, 2.45) is 41.4 Å². The van der Waals surface area contributed by atoms with Crippen molar-refractivity contribution in [3.63, 3.8) is 0 Å². The van der Waals surface area contributed by atoms with Gasteiger partial charge in [0.2, 0.25) is 0 Å². The molecule has 0 spiro atoms. The second kappa shape index (κ2) is 7.41. The first-order valence-electron chi connectivity index (χ1n) is 9.84. The molecule has 2 saturated carbocycles. The zero-order chi connectivity index (χ0) is 21.7. The number of carbonyl (C=O) groups is 4. The lowest BCUT2D eigenvalue weighted by molar-refractivity contribution is -0.165. The van der Waals surface area contributed by atoms with Gasteiger partial charge in [-0.05, 0) is 35.8 Å². The van der Waals surface area contributed by atoms with Crippen molar-refractivity contribution < 1.29 is 38.1 Å². The molecule has 7 unspecified atom stereocenters. The quantitative estimate of drug-likeness (QED) is 0.498. The van der Waals surface area contributed by atoms with E-state index >= 15 is 0 Å². The van der Waals surface area contributed by atoms with E-state index in [1.807, 2.05) is 6.08 Å². The molecule has 8 nitrogen and oxygen atoms in total.